The molecule has 1 saturated heterocycles. The maximum absolute atomic E-state index is 10.8. The van der Waals surface area contributed by atoms with Gasteiger partial charge in [-0.2, -0.15) is 0 Å². The van der Waals surface area contributed by atoms with E-state index in [9.17, 15) is 15.2 Å². The van der Waals surface area contributed by atoms with Crippen molar-refractivity contribution >= 4 is 5.69 Å². The van der Waals surface area contributed by atoms with E-state index in [-0.39, 0.29) is 18.0 Å². The molecule has 110 valence electrons. The molecule has 0 spiro atoms. The molecule has 20 heavy (non-hydrogen) atoms. The van der Waals surface area contributed by atoms with Gasteiger partial charge >= 0.3 is 5.69 Å². The maximum atomic E-state index is 10.8. The molecule has 1 atom stereocenters. The van der Waals surface area contributed by atoms with Gasteiger partial charge < -0.3 is 19.5 Å². The molecule has 1 aromatic rings. The molecule has 0 saturated carbocycles. The van der Waals surface area contributed by atoms with E-state index in [1.165, 1.54) is 17.0 Å². The average molecular weight is 283 g/mol. The van der Waals surface area contributed by atoms with Gasteiger partial charge in [-0.25, -0.2) is 0 Å². The van der Waals surface area contributed by atoms with Gasteiger partial charge in [0, 0.05) is 6.07 Å². The van der Waals surface area contributed by atoms with E-state index in [1.807, 2.05) is 0 Å². The van der Waals surface area contributed by atoms with Gasteiger partial charge in [-0.3, -0.25) is 10.1 Å². The largest absolute Gasteiger partial charge is 0.484 e. The third-order valence-corrected chi connectivity index (χ3v) is 3.22. The molecule has 1 heterocycles. The van der Waals surface area contributed by atoms with Crippen LogP contribution in [0.5, 0.6) is 5.75 Å². The number of nitrogens with one attached hydrogen (secondary N) is 1. The first-order chi connectivity index (χ1) is 9.66. The number of nitrogens with zero attached hydrogens (tertiary/aromatic N) is 1. The number of hydrogen-bond donors (Lipinski definition) is 2. The van der Waals surface area contributed by atoms with Crippen LogP contribution in [0.25, 0.3) is 0 Å². The van der Waals surface area contributed by atoms with E-state index in [2.05, 4.69) is 0 Å². The van der Waals surface area contributed by atoms with E-state index in [0.717, 1.165) is 13.1 Å². The molecular formula is C13H19N2O5+. The monoisotopic (exact) mass is 283 g/mol. The molecule has 0 bridgehead atoms. The van der Waals surface area contributed by atoms with Crippen molar-refractivity contribution in [3.8, 4) is 5.75 Å². The van der Waals surface area contributed by atoms with Gasteiger partial charge in [-0.05, 0) is 6.07 Å². The molecule has 0 aliphatic carbocycles. The third kappa shape index (κ3) is 4.16. The zero-order valence-electron chi connectivity index (χ0n) is 11.2. The van der Waals surface area contributed by atoms with Crippen molar-refractivity contribution in [2.75, 3.05) is 39.5 Å². The highest BCUT2D eigenvalue weighted by atomic mass is 16.6. The Kier molecular flexibility index (Phi) is 5.28. The SMILES string of the molecule is O=[N+]([O-])c1ccccc1OC[C@H](O)C[NH+]1CCOCC1. The van der Waals surface area contributed by atoms with Crippen molar-refractivity contribution in [1.82, 2.24) is 0 Å². The predicted octanol–water partition coefficient (Wildman–Crippen LogP) is -0.750. The first-order valence-electron chi connectivity index (χ1n) is 6.62. The van der Waals surface area contributed by atoms with E-state index in [4.69, 9.17) is 9.47 Å². The lowest BCUT2D eigenvalue weighted by molar-refractivity contribution is -0.911. The molecule has 0 radical (unpaired) electrons. The summed E-state index contributed by atoms with van der Waals surface area (Å²) in [4.78, 5) is 11.6. The minimum absolute atomic E-state index is 0.0508. The van der Waals surface area contributed by atoms with E-state index in [0.29, 0.717) is 19.8 Å². The Hall–Kier alpha value is -1.70. The molecular weight excluding hydrogens is 264 g/mol. The zero-order valence-corrected chi connectivity index (χ0v) is 11.2. The number of aliphatic hydroxyl groups excluding tert-OH is 1. The van der Waals surface area contributed by atoms with Crippen LogP contribution in [0, 0.1) is 10.1 Å². The van der Waals surface area contributed by atoms with Crippen LogP contribution in [-0.4, -0.2) is 55.6 Å². The molecule has 0 aromatic heterocycles. The van der Waals surface area contributed by atoms with Crippen LogP contribution in [0.3, 0.4) is 0 Å². The van der Waals surface area contributed by atoms with Gasteiger partial charge in [0.1, 0.15) is 32.3 Å². The highest BCUT2D eigenvalue weighted by molar-refractivity contribution is 5.45. The number of rotatable bonds is 6. The lowest BCUT2D eigenvalue weighted by atomic mass is 10.3. The van der Waals surface area contributed by atoms with Crippen molar-refractivity contribution in [1.29, 1.82) is 0 Å². The molecule has 0 amide bonds. The Morgan fingerprint density at radius 1 is 1.40 bits per heavy atom. The number of morpholine rings is 1. The highest BCUT2D eigenvalue weighted by Crippen LogP contribution is 2.25. The quantitative estimate of drug-likeness (QED) is 0.530. The molecule has 7 nitrogen and oxygen atoms in total. The molecule has 1 fully saturated rings. The first kappa shape index (κ1) is 14.7. The third-order valence-electron chi connectivity index (χ3n) is 3.22. The number of quaternary nitrogens is 1. The number of nitro groups is 1. The second kappa shape index (κ2) is 7.18. The molecule has 2 N–H and O–H groups in total. The second-order valence-electron chi connectivity index (χ2n) is 4.76. The normalized spacial score (nSPS) is 17.6. The van der Waals surface area contributed by atoms with Gasteiger partial charge in [-0.1, -0.05) is 12.1 Å². The van der Waals surface area contributed by atoms with Crippen LogP contribution >= 0.6 is 0 Å². The van der Waals surface area contributed by atoms with E-state index in [1.54, 1.807) is 12.1 Å². The fourth-order valence-corrected chi connectivity index (χ4v) is 2.17. The fourth-order valence-electron chi connectivity index (χ4n) is 2.17. The van der Waals surface area contributed by atoms with E-state index < -0.39 is 11.0 Å². The first-order valence-corrected chi connectivity index (χ1v) is 6.62. The van der Waals surface area contributed by atoms with Gasteiger partial charge in [0.25, 0.3) is 0 Å². The molecule has 1 aliphatic heterocycles. The van der Waals surface area contributed by atoms with Crippen molar-refractivity contribution in [3.05, 3.63) is 34.4 Å². The van der Waals surface area contributed by atoms with Gasteiger partial charge in [-0.15, -0.1) is 0 Å². The summed E-state index contributed by atoms with van der Waals surface area (Å²) in [7, 11) is 0. The average Bonchev–Trinajstić information content (AvgIpc) is 2.46. The Bertz CT molecular complexity index is 448. The standard InChI is InChI=1S/C13H18N2O5/c16-11(9-14-5-7-19-8-6-14)10-20-13-4-2-1-3-12(13)15(17)18/h1-4,11,16H,5-10H2/p+1/t11-/m1/s1. The molecule has 1 aliphatic rings. The van der Waals surface area contributed by atoms with Crippen LogP contribution in [-0.2, 0) is 4.74 Å². The predicted molar refractivity (Wildman–Crippen MR) is 71.0 cm³/mol. The minimum atomic E-state index is -0.650. The number of para-hydroxylation sites is 2. The van der Waals surface area contributed by atoms with Crippen LogP contribution in [0.1, 0.15) is 0 Å². The van der Waals surface area contributed by atoms with Crippen molar-refractivity contribution in [2.45, 2.75) is 6.10 Å². The molecule has 1 aromatic carbocycles. The summed E-state index contributed by atoms with van der Waals surface area (Å²) in [6, 6.07) is 6.17. The summed E-state index contributed by atoms with van der Waals surface area (Å²) in [6.07, 6.45) is -0.650. The smallest absolute Gasteiger partial charge is 0.310 e. The van der Waals surface area contributed by atoms with Crippen molar-refractivity contribution in [3.63, 3.8) is 0 Å². The van der Waals surface area contributed by atoms with E-state index >= 15 is 0 Å². The summed E-state index contributed by atoms with van der Waals surface area (Å²) < 4.78 is 10.6. The van der Waals surface area contributed by atoms with Crippen LogP contribution < -0.4 is 9.64 Å². The number of ether oxygens (including phenoxy) is 2. The number of hydrogen-bond acceptors (Lipinski definition) is 5. The fraction of sp³-hybridized carbons (Fsp3) is 0.538. The lowest BCUT2D eigenvalue weighted by Gasteiger charge is -2.25. The second-order valence-corrected chi connectivity index (χ2v) is 4.76. The molecule has 0 unspecified atom stereocenters. The molecule has 7 heteroatoms. The Balaban J connectivity index is 1.83. The van der Waals surface area contributed by atoms with Gasteiger partial charge in [0.05, 0.1) is 18.1 Å². The highest BCUT2D eigenvalue weighted by Gasteiger charge is 2.20. The lowest BCUT2D eigenvalue weighted by Crippen LogP contribution is -3.15. The topological polar surface area (TPSA) is 86.3 Å². The number of benzene rings is 1. The zero-order chi connectivity index (χ0) is 14.4. The summed E-state index contributed by atoms with van der Waals surface area (Å²) in [5.41, 5.74) is -0.0848. The Morgan fingerprint density at radius 3 is 2.80 bits per heavy atom. The van der Waals surface area contributed by atoms with Crippen LogP contribution in [0.15, 0.2) is 24.3 Å². The van der Waals surface area contributed by atoms with Crippen molar-refractivity contribution < 1.29 is 24.4 Å². The van der Waals surface area contributed by atoms with Crippen molar-refractivity contribution in [2.24, 2.45) is 0 Å². The summed E-state index contributed by atoms with van der Waals surface area (Å²) >= 11 is 0. The Labute approximate surface area is 116 Å². The van der Waals surface area contributed by atoms with Gasteiger partial charge in [0.15, 0.2) is 5.75 Å². The molecule has 2 rings (SSSR count). The maximum Gasteiger partial charge on any atom is 0.310 e. The van der Waals surface area contributed by atoms with Gasteiger partial charge in [0.2, 0.25) is 0 Å². The number of aliphatic hydroxyl groups is 1. The minimum Gasteiger partial charge on any atom is -0.484 e. The van der Waals surface area contributed by atoms with Crippen LogP contribution in [0.2, 0.25) is 0 Å². The van der Waals surface area contributed by atoms with Crippen LogP contribution in [0.4, 0.5) is 5.69 Å². The summed E-state index contributed by atoms with van der Waals surface area (Å²) in [5, 5.41) is 20.8. The number of nitro benzene ring substituents is 1. The Morgan fingerprint density at radius 2 is 2.10 bits per heavy atom. The summed E-state index contributed by atoms with van der Waals surface area (Å²) in [6.45, 7) is 3.74. The summed E-state index contributed by atoms with van der Waals surface area (Å²) in [5.74, 6) is 0.188.